The van der Waals surface area contributed by atoms with Crippen molar-refractivity contribution in [2.75, 3.05) is 18.0 Å². The van der Waals surface area contributed by atoms with Gasteiger partial charge < -0.3 is 14.5 Å². The lowest BCUT2D eigenvalue weighted by Crippen LogP contribution is -2.35. The van der Waals surface area contributed by atoms with Crippen molar-refractivity contribution in [3.63, 3.8) is 0 Å². The SMILES string of the molecule is Cc1c([N+](=O)[O-])cc2c([nH]c(=O)c(=O)n2C)c1N1CCCC1. The number of nitrogens with zero attached hydrogens (tertiary/aromatic N) is 3. The van der Waals surface area contributed by atoms with E-state index >= 15 is 0 Å². The minimum atomic E-state index is -0.724. The Morgan fingerprint density at radius 1 is 1.27 bits per heavy atom. The van der Waals surface area contributed by atoms with E-state index in [9.17, 15) is 19.7 Å². The summed E-state index contributed by atoms with van der Waals surface area (Å²) in [5.41, 5.74) is 0.516. The Bertz CT molecular complexity index is 890. The Kier molecular flexibility index (Phi) is 3.23. The zero-order chi connectivity index (χ0) is 16.0. The second-order valence-corrected chi connectivity index (χ2v) is 5.53. The molecule has 3 rings (SSSR count). The van der Waals surface area contributed by atoms with Crippen LogP contribution < -0.4 is 16.0 Å². The first kappa shape index (κ1) is 14.3. The molecule has 1 aromatic heterocycles. The van der Waals surface area contributed by atoms with Crippen molar-refractivity contribution in [3.05, 3.63) is 42.5 Å². The van der Waals surface area contributed by atoms with Crippen molar-refractivity contribution in [2.45, 2.75) is 19.8 Å². The number of nitro benzene ring substituents is 1. The van der Waals surface area contributed by atoms with Crippen molar-refractivity contribution in [3.8, 4) is 0 Å². The number of H-pyrrole nitrogens is 1. The van der Waals surface area contributed by atoms with Crippen molar-refractivity contribution in [1.82, 2.24) is 9.55 Å². The number of hydrogen-bond acceptors (Lipinski definition) is 5. The van der Waals surface area contributed by atoms with Gasteiger partial charge in [-0.3, -0.25) is 19.7 Å². The van der Waals surface area contributed by atoms with Gasteiger partial charge in [0.15, 0.2) is 0 Å². The third-order valence-corrected chi connectivity index (χ3v) is 4.22. The zero-order valence-electron chi connectivity index (χ0n) is 12.4. The van der Waals surface area contributed by atoms with Gasteiger partial charge in [0.25, 0.3) is 5.69 Å². The molecular formula is C14H16N4O4. The van der Waals surface area contributed by atoms with E-state index in [4.69, 9.17) is 0 Å². The van der Waals surface area contributed by atoms with E-state index in [-0.39, 0.29) is 5.69 Å². The van der Waals surface area contributed by atoms with Crippen LogP contribution in [0.4, 0.5) is 11.4 Å². The van der Waals surface area contributed by atoms with Gasteiger partial charge in [-0.25, -0.2) is 0 Å². The fourth-order valence-corrected chi connectivity index (χ4v) is 3.08. The van der Waals surface area contributed by atoms with Crippen LogP contribution in [0, 0.1) is 17.0 Å². The van der Waals surface area contributed by atoms with Gasteiger partial charge in [-0.1, -0.05) is 0 Å². The molecule has 0 spiro atoms. The predicted molar refractivity (Wildman–Crippen MR) is 82.6 cm³/mol. The molecular weight excluding hydrogens is 288 g/mol. The maximum atomic E-state index is 11.8. The second kappa shape index (κ2) is 4.97. The quantitative estimate of drug-likeness (QED) is 0.507. The van der Waals surface area contributed by atoms with Gasteiger partial charge in [-0.05, 0) is 19.8 Å². The highest BCUT2D eigenvalue weighted by atomic mass is 16.6. The molecule has 0 unspecified atom stereocenters. The first-order valence-electron chi connectivity index (χ1n) is 7.07. The van der Waals surface area contributed by atoms with Gasteiger partial charge in [0.2, 0.25) is 0 Å². The van der Waals surface area contributed by atoms with Crippen LogP contribution in [0.5, 0.6) is 0 Å². The number of benzene rings is 1. The van der Waals surface area contributed by atoms with Crippen LogP contribution in [0.3, 0.4) is 0 Å². The molecule has 1 aliphatic heterocycles. The smallest absolute Gasteiger partial charge is 0.316 e. The van der Waals surface area contributed by atoms with E-state index in [1.807, 2.05) is 4.90 Å². The number of aryl methyl sites for hydroxylation is 1. The summed E-state index contributed by atoms with van der Waals surface area (Å²) in [6, 6.07) is 1.35. The Morgan fingerprint density at radius 3 is 2.50 bits per heavy atom. The first-order chi connectivity index (χ1) is 10.4. The second-order valence-electron chi connectivity index (χ2n) is 5.53. The number of rotatable bonds is 2. The van der Waals surface area contributed by atoms with Gasteiger partial charge in [0, 0.05) is 26.2 Å². The minimum absolute atomic E-state index is 0.0450. The van der Waals surface area contributed by atoms with Gasteiger partial charge in [-0.15, -0.1) is 0 Å². The summed E-state index contributed by atoms with van der Waals surface area (Å²) in [4.78, 5) is 39.1. The van der Waals surface area contributed by atoms with E-state index in [1.165, 1.54) is 17.7 Å². The number of fused-ring (bicyclic) bond motifs is 1. The molecule has 1 aromatic carbocycles. The molecule has 1 N–H and O–H groups in total. The van der Waals surface area contributed by atoms with Crippen LogP contribution in [0.15, 0.2) is 15.7 Å². The fraction of sp³-hybridized carbons (Fsp3) is 0.429. The van der Waals surface area contributed by atoms with Gasteiger partial charge >= 0.3 is 11.1 Å². The number of hydrogen-bond donors (Lipinski definition) is 1. The van der Waals surface area contributed by atoms with Crippen LogP contribution in [-0.2, 0) is 7.05 Å². The average Bonchev–Trinajstić information content (AvgIpc) is 2.98. The molecule has 1 aliphatic rings. The van der Waals surface area contributed by atoms with E-state index < -0.39 is 16.0 Å². The molecule has 22 heavy (non-hydrogen) atoms. The van der Waals surface area contributed by atoms with Crippen molar-refractivity contribution >= 4 is 22.4 Å². The lowest BCUT2D eigenvalue weighted by molar-refractivity contribution is -0.385. The summed E-state index contributed by atoms with van der Waals surface area (Å²) in [5.74, 6) is 0. The molecule has 2 aromatic rings. The minimum Gasteiger partial charge on any atom is -0.369 e. The highest BCUT2D eigenvalue weighted by Gasteiger charge is 2.25. The largest absolute Gasteiger partial charge is 0.369 e. The lowest BCUT2D eigenvalue weighted by atomic mass is 10.1. The highest BCUT2D eigenvalue weighted by molar-refractivity contribution is 5.93. The Balaban J connectivity index is 2.48. The topological polar surface area (TPSA) is 101 Å². The van der Waals surface area contributed by atoms with Gasteiger partial charge in [0.1, 0.15) is 0 Å². The summed E-state index contributed by atoms with van der Waals surface area (Å²) in [7, 11) is 1.45. The molecule has 1 saturated heterocycles. The Morgan fingerprint density at radius 2 is 1.91 bits per heavy atom. The molecule has 0 saturated carbocycles. The van der Waals surface area contributed by atoms with Crippen LogP contribution in [0.25, 0.3) is 11.0 Å². The molecule has 0 radical (unpaired) electrons. The van der Waals surface area contributed by atoms with Crippen LogP contribution in [0.1, 0.15) is 18.4 Å². The van der Waals surface area contributed by atoms with E-state index in [0.717, 1.165) is 25.9 Å². The van der Waals surface area contributed by atoms with Crippen molar-refractivity contribution in [1.29, 1.82) is 0 Å². The molecule has 2 heterocycles. The van der Waals surface area contributed by atoms with Crippen molar-refractivity contribution in [2.24, 2.45) is 7.05 Å². The highest BCUT2D eigenvalue weighted by Crippen LogP contribution is 2.36. The molecule has 0 aliphatic carbocycles. The predicted octanol–water partition coefficient (Wildman–Crippen LogP) is 1.04. The normalized spacial score (nSPS) is 14.7. The third-order valence-electron chi connectivity index (χ3n) is 4.22. The van der Waals surface area contributed by atoms with Crippen LogP contribution in [0.2, 0.25) is 0 Å². The molecule has 0 atom stereocenters. The monoisotopic (exact) mass is 304 g/mol. The number of anilines is 1. The lowest BCUT2D eigenvalue weighted by Gasteiger charge is -2.22. The Hall–Kier alpha value is -2.64. The van der Waals surface area contributed by atoms with Crippen LogP contribution >= 0.6 is 0 Å². The third kappa shape index (κ3) is 1.99. The number of nitro groups is 1. The van der Waals surface area contributed by atoms with Gasteiger partial charge in [0.05, 0.1) is 27.2 Å². The fourth-order valence-electron chi connectivity index (χ4n) is 3.08. The zero-order valence-corrected chi connectivity index (χ0v) is 12.4. The van der Waals surface area contributed by atoms with E-state index in [1.54, 1.807) is 6.92 Å². The van der Waals surface area contributed by atoms with Crippen molar-refractivity contribution < 1.29 is 4.92 Å². The van der Waals surface area contributed by atoms with E-state index in [2.05, 4.69) is 4.98 Å². The molecule has 8 nitrogen and oxygen atoms in total. The summed E-state index contributed by atoms with van der Waals surface area (Å²) >= 11 is 0. The number of aromatic amines is 1. The maximum Gasteiger partial charge on any atom is 0.316 e. The average molecular weight is 304 g/mol. The molecule has 8 heteroatoms. The standard InChI is InChI=1S/C14H16N4O4/c1-8-9(18(21)22)7-10-11(12(8)17-5-3-4-6-17)15-13(19)14(20)16(10)2/h7H,3-6H2,1-2H3,(H,15,19). The summed E-state index contributed by atoms with van der Waals surface area (Å²) in [6.45, 7) is 3.23. The number of aromatic nitrogens is 2. The maximum absolute atomic E-state index is 11.8. The summed E-state index contributed by atoms with van der Waals surface area (Å²) in [6.07, 6.45) is 2.00. The van der Waals surface area contributed by atoms with E-state index in [0.29, 0.717) is 22.3 Å². The first-order valence-corrected chi connectivity index (χ1v) is 7.07. The number of nitrogens with one attached hydrogen (secondary N) is 1. The molecule has 1 fully saturated rings. The Labute approximate surface area is 125 Å². The molecule has 0 bridgehead atoms. The summed E-state index contributed by atoms with van der Waals surface area (Å²) in [5, 5.41) is 11.3. The molecule has 116 valence electrons. The van der Waals surface area contributed by atoms with Crippen LogP contribution in [-0.4, -0.2) is 27.6 Å². The molecule has 0 amide bonds. The van der Waals surface area contributed by atoms with Gasteiger partial charge in [-0.2, -0.15) is 0 Å². The summed E-state index contributed by atoms with van der Waals surface area (Å²) < 4.78 is 1.17.